The van der Waals surface area contributed by atoms with E-state index >= 15 is 0 Å². The third-order valence-corrected chi connectivity index (χ3v) is 3.13. The van der Waals surface area contributed by atoms with E-state index in [1.54, 1.807) is 11.7 Å². The minimum atomic E-state index is -0.948. The maximum absolute atomic E-state index is 11.1. The molecule has 2 N–H and O–H groups in total. The molecule has 6 heteroatoms. The van der Waals surface area contributed by atoms with Gasteiger partial charge in [-0.2, -0.15) is 5.10 Å². The minimum absolute atomic E-state index is 0.191. The van der Waals surface area contributed by atoms with Gasteiger partial charge in [0.2, 0.25) is 0 Å². The van der Waals surface area contributed by atoms with E-state index in [2.05, 4.69) is 24.3 Å². The Labute approximate surface area is 113 Å². The maximum atomic E-state index is 11.1. The molecule has 0 saturated carbocycles. The molecule has 0 fully saturated rings. The van der Waals surface area contributed by atoms with E-state index in [-0.39, 0.29) is 11.6 Å². The Kier molecular flexibility index (Phi) is 5.98. The molecule has 0 radical (unpaired) electrons. The molecule has 0 saturated heterocycles. The number of aromatic carboxylic acids is 1. The highest BCUT2D eigenvalue weighted by Gasteiger charge is 2.18. The topological polar surface area (TPSA) is 76.4 Å². The van der Waals surface area contributed by atoms with Crippen molar-refractivity contribution in [2.24, 2.45) is 13.0 Å². The Bertz CT molecular complexity index is 415. The van der Waals surface area contributed by atoms with Crippen LogP contribution in [0.25, 0.3) is 0 Å². The van der Waals surface area contributed by atoms with Crippen LogP contribution in [-0.2, 0) is 18.3 Å². The molecule has 19 heavy (non-hydrogen) atoms. The van der Waals surface area contributed by atoms with Gasteiger partial charge in [0.1, 0.15) is 5.56 Å². The average Bonchev–Trinajstić information content (AvgIpc) is 2.70. The van der Waals surface area contributed by atoms with Gasteiger partial charge >= 0.3 is 5.97 Å². The molecule has 0 spiro atoms. The van der Waals surface area contributed by atoms with E-state index in [1.807, 2.05) is 6.92 Å². The number of carbonyl (C=O) groups is 1. The van der Waals surface area contributed by atoms with Crippen molar-refractivity contribution in [2.45, 2.75) is 33.4 Å². The number of rotatable bonds is 8. The molecule has 0 aliphatic heterocycles. The fourth-order valence-corrected chi connectivity index (χ4v) is 1.81. The van der Waals surface area contributed by atoms with E-state index in [9.17, 15) is 4.79 Å². The van der Waals surface area contributed by atoms with Crippen molar-refractivity contribution in [3.05, 3.63) is 17.5 Å². The second kappa shape index (κ2) is 7.25. The molecule has 108 valence electrons. The lowest BCUT2D eigenvalue weighted by atomic mass is 10.1. The van der Waals surface area contributed by atoms with Crippen molar-refractivity contribution in [1.29, 1.82) is 0 Å². The van der Waals surface area contributed by atoms with Crippen molar-refractivity contribution < 1.29 is 14.6 Å². The Morgan fingerprint density at radius 3 is 2.79 bits per heavy atom. The fraction of sp³-hybridized carbons (Fsp3) is 0.692. The number of hydrogen-bond acceptors (Lipinski definition) is 4. The molecule has 1 heterocycles. The molecular formula is C13H23N3O3. The second-order valence-electron chi connectivity index (χ2n) is 4.82. The fourth-order valence-electron chi connectivity index (χ4n) is 1.81. The van der Waals surface area contributed by atoms with Crippen LogP contribution in [0.2, 0.25) is 0 Å². The molecular weight excluding hydrogens is 246 g/mol. The summed E-state index contributed by atoms with van der Waals surface area (Å²) >= 11 is 0. The van der Waals surface area contributed by atoms with Crippen LogP contribution in [-0.4, -0.2) is 40.1 Å². The van der Waals surface area contributed by atoms with Crippen LogP contribution >= 0.6 is 0 Å². The zero-order valence-corrected chi connectivity index (χ0v) is 12.0. The predicted molar refractivity (Wildman–Crippen MR) is 72.1 cm³/mol. The Morgan fingerprint density at radius 2 is 2.26 bits per heavy atom. The Balaban J connectivity index is 2.68. The number of hydrogen-bond donors (Lipinski definition) is 2. The zero-order chi connectivity index (χ0) is 14.4. The van der Waals surface area contributed by atoms with Gasteiger partial charge in [-0.3, -0.25) is 4.68 Å². The lowest BCUT2D eigenvalue weighted by Gasteiger charge is -2.22. The van der Waals surface area contributed by atoms with E-state index in [0.29, 0.717) is 31.4 Å². The van der Waals surface area contributed by atoms with Gasteiger partial charge in [-0.15, -0.1) is 0 Å². The second-order valence-corrected chi connectivity index (χ2v) is 4.82. The van der Waals surface area contributed by atoms with E-state index < -0.39 is 5.97 Å². The molecule has 1 aromatic heterocycles. The molecule has 1 atom stereocenters. The first-order chi connectivity index (χ1) is 8.97. The first kappa shape index (κ1) is 15.7. The molecule has 1 unspecified atom stereocenters. The summed E-state index contributed by atoms with van der Waals surface area (Å²) < 4.78 is 7.03. The lowest BCUT2D eigenvalue weighted by Crippen LogP contribution is -2.38. The largest absolute Gasteiger partial charge is 0.478 e. The van der Waals surface area contributed by atoms with Crippen LogP contribution in [0, 0.1) is 5.92 Å². The van der Waals surface area contributed by atoms with E-state index in [4.69, 9.17) is 9.84 Å². The predicted octanol–water partition coefficient (Wildman–Crippen LogP) is 1.27. The minimum Gasteiger partial charge on any atom is -0.478 e. The number of carboxylic acid groups (broad SMARTS) is 1. The molecule has 0 aliphatic rings. The molecule has 0 aliphatic carbocycles. The monoisotopic (exact) mass is 269 g/mol. The Hall–Kier alpha value is -1.40. The molecule has 6 nitrogen and oxygen atoms in total. The van der Waals surface area contributed by atoms with Crippen LogP contribution in [0.3, 0.4) is 0 Å². The van der Waals surface area contributed by atoms with Crippen LogP contribution in [0.1, 0.15) is 36.8 Å². The third kappa shape index (κ3) is 4.33. The lowest BCUT2D eigenvalue weighted by molar-refractivity contribution is 0.0695. The molecule has 0 amide bonds. The average molecular weight is 269 g/mol. The first-order valence-corrected chi connectivity index (χ1v) is 6.52. The van der Waals surface area contributed by atoms with Gasteiger partial charge in [0.25, 0.3) is 0 Å². The van der Waals surface area contributed by atoms with Crippen LogP contribution in [0.15, 0.2) is 6.20 Å². The van der Waals surface area contributed by atoms with Crippen molar-refractivity contribution in [3.63, 3.8) is 0 Å². The van der Waals surface area contributed by atoms with Crippen LogP contribution in [0.4, 0.5) is 0 Å². The van der Waals surface area contributed by atoms with Crippen molar-refractivity contribution in [1.82, 2.24) is 15.1 Å². The van der Waals surface area contributed by atoms with Crippen LogP contribution < -0.4 is 5.32 Å². The van der Waals surface area contributed by atoms with Crippen LogP contribution in [0.5, 0.6) is 0 Å². The van der Waals surface area contributed by atoms with Crippen molar-refractivity contribution in [2.75, 3.05) is 13.2 Å². The molecule has 1 rings (SSSR count). The highest BCUT2D eigenvalue weighted by molar-refractivity contribution is 5.88. The normalized spacial score (nSPS) is 12.9. The highest BCUT2D eigenvalue weighted by atomic mass is 16.5. The number of carboxylic acids is 1. The van der Waals surface area contributed by atoms with Gasteiger partial charge < -0.3 is 15.2 Å². The molecule has 0 aromatic carbocycles. The number of nitrogens with zero attached hydrogens (tertiary/aromatic N) is 2. The Morgan fingerprint density at radius 1 is 1.58 bits per heavy atom. The van der Waals surface area contributed by atoms with Gasteiger partial charge in [-0.25, -0.2) is 4.79 Å². The van der Waals surface area contributed by atoms with Gasteiger partial charge in [0, 0.05) is 26.2 Å². The summed E-state index contributed by atoms with van der Waals surface area (Å²) in [4.78, 5) is 11.1. The number of aromatic nitrogens is 2. The third-order valence-electron chi connectivity index (χ3n) is 3.13. The van der Waals surface area contributed by atoms with Gasteiger partial charge in [0.15, 0.2) is 0 Å². The summed E-state index contributed by atoms with van der Waals surface area (Å²) in [6.45, 7) is 7.94. The summed E-state index contributed by atoms with van der Waals surface area (Å²) in [5.41, 5.74) is 0.920. The van der Waals surface area contributed by atoms with Crippen molar-refractivity contribution in [3.8, 4) is 0 Å². The summed E-state index contributed by atoms with van der Waals surface area (Å²) in [6.07, 6.45) is 1.38. The van der Waals surface area contributed by atoms with Gasteiger partial charge in [-0.1, -0.05) is 13.8 Å². The number of ether oxygens (including phenoxy) is 1. The highest BCUT2D eigenvalue weighted by Crippen LogP contribution is 2.09. The summed E-state index contributed by atoms with van der Waals surface area (Å²) in [6, 6.07) is 0.191. The SMILES string of the molecule is CCOCC(NCc1c(C(=O)O)cnn1C)C(C)C. The van der Waals surface area contributed by atoms with E-state index in [0.717, 1.165) is 0 Å². The zero-order valence-electron chi connectivity index (χ0n) is 12.0. The molecule has 0 bridgehead atoms. The molecule has 1 aromatic rings. The summed E-state index contributed by atoms with van der Waals surface area (Å²) in [5.74, 6) is -0.538. The smallest absolute Gasteiger partial charge is 0.339 e. The summed E-state index contributed by atoms with van der Waals surface area (Å²) in [5, 5.41) is 16.4. The van der Waals surface area contributed by atoms with Gasteiger partial charge in [0.05, 0.1) is 18.5 Å². The number of nitrogens with one attached hydrogen (secondary N) is 1. The first-order valence-electron chi connectivity index (χ1n) is 6.52. The standard InChI is InChI=1S/C13H23N3O3/c1-5-19-8-11(9(2)3)14-7-12-10(13(17)18)6-15-16(12)4/h6,9,11,14H,5,7-8H2,1-4H3,(H,17,18). The summed E-state index contributed by atoms with van der Waals surface area (Å²) in [7, 11) is 1.75. The quantitative estimate of drug-likeness (QED) is 0.743. The van der Waals surface area contributed by atoms with Crippen molar-refractivity contribution >= 4 is 5.97 Å². The van der Waals surface area contributed by atoms with Gasteiger partial charge in [-0.05, 0) is 12.8 Å². The maximum Gasteiger partial charge on any atom is 0.339 e. The van der Waals surface area contributed by atoms with E-state index in [1.165, 1.54) is 6.20 Å². The number of aryl methyl sites for hydroxylation is 1.